The molecule has 0 aliphatic carbocycles. The number of hydrogen-bond donors (Lipinski definition) is 2. The largest absolute Gasteiger partial charge is 0.490 e. The van der Waals surface area contributed by atoms with Crippen LogP contribution in [0.15, 0.2) is 47.5 Å². The van der Waals surface area contributed by atoms with Gasteiger partial charge in [0, 0.05) is 38.9 Å². The summed E-state index contributed by atoms with van der Waals surface area (Å²) in [5, 5.41) is 6.61. The Labute approximate surface area is 154 Å². The van der Waals surface area contributed by atoms with Crippen molar-refractivity contribution in [1.29, 1.82) is 0 Å². The zero-order chi connectivity index (χ0) is 18.2. The molecule has 0 aromatic heterocycles. The topological polar surface area (TPSA) is 64.1 Å². The lowest BCUT2D eigenvalue weighted by molar-refractivity contribution is 0.185. The Kier molecular flexibility index (Phi) is 6.33. The predicted molar refractivity (Wildman–Crippen MR) is 103 cm³/mol. The molecule has 0 saturated heterocycles. The summed E-state index contributed by atoms with van der Waals surface area (Å²) in [6.07, 6.45) is 0.892. The van der Waals surface area contributed by atoms with Gasteiger partial charge in [-0.1, -0.05) is 24.3 Å². The van der Waals surface area contributed by atoms with E-state index in [1.165, 1.54) is 5.56 Å². The molecule has 3 rings (SSSR count). The van der Waals surface area contributed by atoms with E-state index in [-0.39, 0.29) is 0 Å². The van der Waals surface area contributed by atoms with Gasteiger partial charge in [-0.25, -0.2) is 0 Å². The van der Waals surface area contributed by atoms with Crippen LogP contribution in [0.2, 0.25) is 0 Å². The van der Waals surface area contributed by atoms with Crippen molar-refractivity contribution in [2.24, 2.45) is 4.99 Å². The summed E-state index contributed by atoms with van der Waals surface area (Å²) in [7, 11) is 3.45. The fourth-order valence-corrected chi connectivity index (χ4v) is 2.74. The highest BCUT2D eigenvalue weighted by Crippen LogP contribution is 2.32. The molecule has 0 saturated carbocycles. The number of anilines is 1. The number of fused-ring (bicyclic) bond motifs is 1. The molecule has 0 atom stereocenters. The zero-order valence-corrected chi connectivity index (χ0v) is 15.2. The number of hydrogen-bond acceptors (Lipinski definition) is 4. The summed E-state index contributed by atoms with van der Waals surface area (Å²) >= 11 is 0. The molecule has 0 radical (unpaired) electrons. The van der Waals surface area contributed by atoms with Gasteiger partial charge < -0.3 is 24.8 Å². The molecule has 138 valence electrons. The predicted octanol–water partition coefficient (Wildman–Crippen LogP) is 3.18. The van der Waals surface area contributed by atoms with Crippen LogP contribution >= 0.6 is 0 Å². The fraction of sp³-hybridized carbons (Fsp3) is 0.350. The normalized spacial score (nSPS) is 13.8. The minimum Gasteiger partial charge on any atom is -0.490 e. The Morgan fingerprint density at radius 3 is 2.69 bits per heavy atom. The molecule has 0 spiro atoms. The van der Waals surface area contributed by atoms with Crippen LogP contribution in [0, 0.1) is 0 Å². The van der Waals surface area contributed by atoms with Crippen LogP contribution in [-0.4, -0.2) is 33.3 Å². The maximum absolute atomic E-state index is 5.73. The lowest BCUT2D eigenvalue weighted by Gasteiger charge is -2.14. The third kappa shape index (κ3) is 4.89. The number of rotatable bonds is 5. The van der Waals surface area contributed by atoms with Crippen molar-refractivity contribution in [1.82, 2.24) is 5.32 Å². The highest BCUT2D eigenvalue weighted by Gasteiger charge is 2.11. The van der Waals surface area contributed by atoms with Gasteiger partial charge in [0.05, 0.1) is 19.8 Å². The van der Waals surface area contributed by atoms with Crippen molar-refractivity contribution < 1.29 is 14.2 Å². The van der Waals surface area contributed by atoms with E-state index in [0.717, 1.165) is 29.2 Å². The van der Waals surface area contributed by atoms with E-state index in [9.17, 15) is 0 Å². The highest BCUT2D eigenvalue weighted by molar-refractivity contribution is 5.93. The molecule has 2 aromatic rings. The molecule has 0 fully saturated rings. The Hall–Kier alpha value is -2.73. The van der Waals surface area contributed by atoms with Gasteiger partial charge in [-0.15, -0.1) is 0 Å². The summed E-state index contributed by atoms with van der Waals surface area (Å²) in [4.78, 5) is 4.29. The number of nitrogens with one attached hydrogen (secondary N) is 2. The van der Waals surface area contributed by atoms with E-state index >= 15 is 0 Å². The van der Waals surface area contributed by atoms with E-state index < -0.39 is 0 Å². The number of aliphatic imine (C=N–C) groups is 1. The minimum atomic E-state index is 0.609. The summed E-state index contributed by atoms with van der Waals surface area (Å²) < 4.78 is 16.6. The van der Waals surface area contributed by atoms with Crippen LogP contribution in [0.25, 0.3) is 0 Å². The molecule has 1 heterocycles. The second-order valence-electron chi connectivity index (χ2n) is 6.02. The van der Waals surface area contributed by atoms with Crippen molar-refractivity contribution in [3.05, 3.63) is 53.6 Å². The van der Waals surface area contributed by atoms with Crippen LogP contribution in [0.3, 0.4) is 0 Å². The molecule has 0 amide bonds. The number of nitrogens with zero attached hydrogens (tertiary/aromatic N) is 1. The average Bonchev–Trinajstić information content (AvgIpc) is 2.90. The number of ether oxygens (including phenoxy) is 3. The zero-order valence-electron chi connectivity index (χ0n) is 15.2. The van der Waals surface area contributed by atoms with Gasteiger partial charge in [-0.2, -0.15) is 0 Å². The SMILES string of the molecule is CN=C(NCc1cccc(COC)c1)Nc1ccc2c(c1)OCCCO2. The second-order valence-corrected chi connectivity index (χ2v) is 6.02. The van der Waals surface area contributed by atoms with Crippen molar-refractivity contribution >= 4 is 11.6 Å². The van der Waals surface area contributed by atoms with Crippen LogP contribution in [0.5, 0.6) is 11.5 Å². The first-order valence-corrected chi connectivity index (χ1v) is 8.72. The number of benzene rings is 2. The highest BCUT2D eigenvalue weighted by atomic mass is 16.5. The molecule has 6 nitrogen and oxygen atoms in total. The van der Waals surface area contributed by atoms with Crippen LogP contribution in [0.4, 0.5) is 5.69 Å². The van der Waals surface area contributed by atoms with Gasteiger partial charge in [0.2, 0.25) is 0 Å². The molecule has 1 aliphatic heterocycles. The van der Waals surface area contributed by atoms with Gasteiger partial charge >= 0.3 is 0 Å². The maximum atomic E-state index is 5.73. The summed E-state index contributed by atoms with van der Waals surface area (Å²) in [5.74, 6) is 2.23. The molecular formula is C20H25N3O3. The second kappa shape index (κ2) is 9.10. The van der Waals surface area contributed by atoms with E-state index in [0.29, 0.717) is 32.3 Å². The molecular weight excluding hydrogens is 330 g/mol. The first kappa shape index (κ1) is 18.1. The molecule has 2 aromatic carbocycles. The minimum absolute atomic E-state index is 0.609. The summed E-state index contributed by atoms with van der Waals surface area (Å²) in [6, 6.07) is 14.1. The fourth-order valence-electron chi connectivity index (χ4n) is 2.74. The van der Waals surface area contributed by atoms with Crippen LogP contribution in [0.1, 0.15) is 17.5 Å². The lowest BCUT2D eigenvalue weighted by Crippen LogP contribution is -2.30. The number of guanidine groups is 1. The molecule has 26 heavy (non-hydrogen) atoms. The summed E-state index contributed by atoms with van der Waals surface area (Å²) in [6.45, 7) is 2.63. The Bertz CT molecular complexity index is 762. The smallest absolute Gasteiger partial charge is 0.195 e. The van der Waals surface area contributed by atoms with Crippen molar-refractivity contribution in [3.8, 4) is 11.5 Å². The maximum Gasteiger partial charge on any atom is 0.195 e. The van der Waals surface area contributed by atoms with Crippen LogP contribution in [-0.2, 0) is 17.9 Å². The monoisotopic (exact) mass is 355 g/mol. The molecule has 0 unspecified atom stereocenters. The lowest BCUT2D eigenvalue weighted by atomic mass is 10.1. The quantitative estimate of drug-likeness (QED) is 0.637. The van der Waals surface area contributed by atoms with Gasteiger partial charge in [0.1, 0.15) is 0 Å². The molecule has 1 aliphatic rings. The van der Waals surface area contributed by atoms with E-state index in [4.69, 9.17) is 14.2 Å². The standard InChI is InChI=1S/C20H25N3O3/c1-21-20(22-13-15-5-3-6-16(11-15)14-24-2)23-17-7-8-18-19(12-17)26-10-4-9-25-18/h3,5-8,11-12H,4,9-10,13-14H2,1-2H3,(H2,21,22,23). The Morgan fingerprint density at radius 2 is 1.88 bits per heavy atom. The van der Waals surface area contributed by atoms with Gasteiger partial charge in [-0.3, -0.25) is 4.99 Å². The van der Waals surface area contributed by atoms with Gasteiger partial charge in [0.15, 0.2) is 17.5 Å². The molecule has 2 N–H and O–H groups in total. The average molecular weight is 355 g/mol. The van der Waals surface area contributed by atoms with E-state index in [1.807, 2.05) is 24.3 Å². The summed E-state index contributed by atoms with van der Waals surface area (Å²) in [5.41, 5.74) is 3.22. The van der Waals surface area contributed by atoms with Crippen molar-refractivity contribution in [2.45, 2.75) is 19.6 Å². The molecule has 0 bridgehead atoms. The van der Waals surface area contributed by atoms with E-state index in [2.05, 4.69) is 33.8 Å². The Morgan fingerprint density at radius 1 is 1.08 bits per heavy atom. The first-order chi connectivity index (χ1) is 12.8. The van der Waals surface area contributed by atoms with Crippen molar-refractivity contribution in [3.63, 3.8) is 0 Å². The van der Waals surface area contributed by atoms with Gasteiger partial charge in [-0.05, 0) is 23.3 Å². The van der Waals surface area contributed by atoms with Crippen molar-refractivity contribution in [2.75, 3.05) is 32.7 Å². The third-order valence-corrected chi connectivity index (χ3v) is 4.00. The van der Waals surface area contributed by atoms with E-state index in [1.54, 1.807) is 14.2 Å². The van der Waals surface area contributed by atoms with Gasteiger partial charge in [0.25, 0.3) is 0 Å². The number of methoxy groups -OCH3 is 1. The molecule has 6 heteroatoms. The van der Waals surface area contributed by atoms with Crippen LogP contribution < -0.4 is 20.1 Å². The first-order valence-electron chi connectivity index (χ1n) is 8.72. The Balaban J connectivity index is 1.61. The third-order valence-electron chi connectivity index (χ3n) is 4.00.